The first-order valence-electron chi connectivity index (χ1n) is 8.91. The fourth-order valence-electron chi connectivity index (χ4n) is 2.69. The van der Waals surface area contributed by atoms with Crippen LogP contribution in [0.15, 0.2) is 37.2 Å². The van der Waals surface area contributed by atoms with Gasteiger partial charge < -0.3 is 14.8 Å². The van der Waals surface area contributed by atoms with Crippen molar-refractivity contribution >= 4 is 5.65 Å². The minimum Gasteiger partial charge on any atom is -0.494 e. The third kappa shape index (κ3) is 4.06. The van der Waals surface area contributed by atoms with Gasteiger partial charge in [0.1, 0.15) is 5.75 Å². The average molecular weight is 368 g/mol. The minimum atomic E-state index is 0.0988. The Morgan fingerprint density at radius 2 is 2.22 bits per heavy atom. The Morgan fingerprint density at radius 1 is 1.37 bits per heavy atom. The van der Waals surface area contributed by atoms with Gasteiger partial charge in [0.2, 0.25) is 0 Å². The van der Waals surface area contributed by atoms with Gasteiger partial charge in [-0.2, -0.15) is 14.6 Å². The number of pyridine rings is 1. The molecule has 0 fully saturated rings. The van der Waals surface area contributed by atoms with Gasteiger partial charge in [-0.25, -0.2) is 4.98 Å². The van der Waals surface area contributed by atoms with Crippen LogP contribution in [-0.4, -0.2) is 44.8 Å². The van der Waals surface area contributed by atoms with E-state index >= 15 is 0 Å². The highest BCUT2D eigenvalue weighted by Crippen LogP contribution is 2.30. The highest BCUT2D eigenvalue weighted by atomic mass is 16.5. The second-order valence-electron chi connectivity index (χ2n) is 5.95. The molecule has 142 valence electrons. The van der Waals surface area contributed by atoms with Crippen LogP contribution >= 0.6 is 0 Å². The lowest BCUT2D eigenvalue weighted by molar-refractivity contribution is 0.289. The SMILES string of the molecule is C=CCCOc1nc(-c2cc([C@@H](C)NCC)ncc2OC)nc2ccnn12. The molecule has 8 nitrogen and oxygen atoms in total. The number of nitrogens with zero attached hydrogens (tertiary/aromatic N) is 5. The third-order valence-electron chi connectivity index (χ3n) is 4.08. The van der Waals surface area contributed by atoms with Gasteiger partial charge in [-0.05, 0) is 26.0 Å². The highest BCUT2D eigenvalue weighted by Gasteiger charge is 2.17. The van der Waals surface area contributed by atoms with Gasteiger partial charge in [0.05, 0.1) is 37.4 Å². The molecule has 27 heavy (non-hydrogen) atoms. The Hall–Kier alpha value is -3.00. The molecule has 0 aliphatic rings. The quantitative estimate of drug-likeness (QED) is 0.459. The Bertz CT molecular complexity index is 924. The van der Waals surface area contributed by atoms with Crippen LogP contribution in [0.5, 0.6) is 11.8 Å². The van der Waals surface area contributed by atoms with Crippen molar-refractivity contribution in [2.24, 2.45) is 0 Å². The lowest BCUT2D eigenvalue weighted by atomic mass is 10.1. The van der Waals surface area contributed by atoms with E-state index in [1.165, 1.54) is 0 Å². The number of rotatable bonds is 9. The fraction of sp³-hybridized carbons (Fsp3) is 0.368. The standard InChI is InChI=1S/C19H24N6O2/c1-5-7-10-27-19-24-18(23-17-8-9-22-25(17)19)14-11-15(13(3)20-6-2)21-12-16(14)26-4/h5,8-9,11-13,20H,1,6-7,10H2,2-4H3/t13-/m1/s1. The number of fused-ring (bicyclic) bond motifs is 1. The number of ether oxygens (including phenoxy) is 2. The summed E-state index contributed by atoms with van der Waals surface area (Å²) in [5.41, 5.74) is 2.29. The van der Waals surface area contributed by atoms with Crippen LogP contribution in [0.3, 0.4) is 0 Å². The first-order valence-corrected chi connectivity index (χ1v) is 8.91. The molecule has 0 bridgehead atoms. The zero-order valence-electron chi connectivity index (χ0n) is 15.8. The van der Waals surface area contributed by atoms with Crippen molar-refractivity contribution in [1.29, 1.82) is 0 Å². The molecule has 3 heterocycles. The summed E-state index contributed by atoms with van der Waals surface area (Å²) >= 11 is 0. The first-order chi connectivity index (χ1) is 13.2. The maximum absolute atomic E-state index is 5.78. The molecule has 8 heteroatoms. The van der Waals surface area contributed by atoms with Gasteiger partial charge in [0.15, 0.2) is 11.5 Å². The normalized spacial score (nSPS) is 12.1. The molecule has 0 spiro atoms. The van der Waals surface area contributed by atoms with Crippen LogP contribution in [0.25, 0.3) is 17.0 Å². The molecule has 0 aromatic carbocycles. The monoisotopic (exact) mass is 368 g/mol. The summed E-state index contributed by atoms with van der Waals surface area (Å²) in [6.07, 6.45) is 5.87. The number of nitrogens with one attached hydrogen (secondary N) is 1. The molecular weight excluding hydrogens is 344 g/mol. The van der Waals surface area contributed by atoms with E-state index in [1.54, 1.807) is 36.2 Å². The van der Waals surface area contributed by atoms with Gasteiger partial charge in [-0.3, -0.25) is 4.98 Å². The van der Waals surface area contributed by atoms with E-state index < -0.39 is 0 Å². The van der Waals surface area contributed by atoms with Crippen LogP contribution in [0.4, 0.5) is 0 Å². The van der Waals surface area contributed by atoms with Crippen molar-refractivity contribution in [3.63, 3.8) is 0 Å². The highest BCUT2D eigenvalue weighted by molar-refractivity contribution is 5.66. The summed E-state index contributed by atoms with van der Waals surface area (Å²) < 4.78 is 12.8. The number of hydrogen-bond donors (Lipinski definition) is 1. The van der Waals surface area contributed by atoms with Crippen LogP contribution in [0.2, 0.25) is 0 Å². The Morgan fingerprint density at radius 3 is 2.96 bits per heavy atom. The second kappa shape index (κ2) is 8.59. The molecule has 1 N–H and O–H groups in total. The minimum absolute atomic E-state index is 0.0988. The summed E-state index contributed by atoms with van der Waals surface area (Å²) in [4.78, 5) is 13.7. The molecule has 1 atom stereocenters. The molecule has 3 aromatic rings. The molecule has 0 saturated heterocycles. The largest absolute Gasteiger partial charge is 0.494 e. The number of hydrogen-bond acceptors (Lipinski definition) is 7. The number of aromatic nitrogens is 5. The van der Waals surface area contributed by atoms with Gasteiger partial charge in [-0.15, -0.1) is 6.58 Å². The van der Waals surface area contributed by atoms with Crippen LogP contribution in [0.1, 0.15) is 32.0 Å². The van der Waals surface area contributed by atoms with Crippen LogP contribution in [0, 0.1) is 0 Å². The van der Waals surface area contributed by atoms with Gasteiger partial charge in [0.25, 0.3) is 0 Å². The van der Waals surface area contributed by atoms with Gasteiger partial charge in [-0.1, -0.05) is 13.0 Å². The molecule has 0 unspecified atom stereocenters. The molecular formula is C19H24N6O2. The average Bonchev–Trinajstić information content (AvgIpc) is 3.16. The second-order valence-corrected chi connectivity index (χ2v) is 5.95. The molecule has 0 radical (unpaired) electrons. The molecule has 3 aromatic heterocycles. The predicted molar refractivity (Wildman–Crippen MR) is 103 cm³/mol. The summed E-state index contributed by atoms with van der Waals surface area (Å²) in [6, 6.07) is 4.23. The summed E-state index contributed by atoms with van der Waals surface area (Å²) in [6.45, 7) is 9.15. The Balaban J connectivity index is 2.07. The predicted octanol–water partition coefficient (Wildman–Crippen LogP) is 2.82. The van der Waals surface area contributed by atoms with E-state index in [1.807, 2.05) is 6.07 Å². The van der Waals surface area contributed by atoms with Crippen molar-refractivity contribution in [3.8, 4) is 23.1 Å². The zero-order valence-corrected chi connectivity index (χ0v) is 15.8. The lowest BCUT2D eigenvalue weighted by Crippen LogP contribution is -2.19. The molecule has 3 rings (SSSR count). The van der Waals surface area contributed by atoms with E-state index in [4.69, 9.17) is 9.47 Å². The van der Waals surface area contributed by atoms with Crippen LogP contribution in [-0.2, 0) is 0 Å². The van der Waals surface area contributed by atoms with E-state index in [0.29, 0.717) is 36.3 Å². The smallest absolute Gasteiger partial charge is 0.321 e. The summed E-state index contributed by atoms with van der Waals surface area (Å²) in [5, 5.41) is 7.59. The first kappa shape index (κ1) is 18.8. The van der Waals surface area contributed by atoms with Crippen molar-refractivity contribution in [3.05, 3.63) is 42.9 Å². The van der Waals surface area contributed by atoms with Crippen molar-refractivity contribution in [2.75, 3.05) is 20.3 Å². The van der Waals surface area contributed by atoms with Crippen molar-refractivity contribution < 1.29 is 9.47 Å². The van der Waals surface area contributed by atoms with Crippen molar-refractivity contribution in [1.82, 2.24) is 29.9 Å². The van der Waals surface area contributed by atoms with Crippen molar-refractivity contribution in [2.45, 2.75) is 26.3 Å². The molecule has 0 amide bonds. The summed E-state index contributed by atoms with van der Waals surface area (Å²) in [7, 11) is 1.60. The lowest BCUT2D eigenvalue weighted by Gasteiger charge is -2.15. The van der Waals surface area contributed by atoms with E-state index in [2.05, 4.69) is 45.8 Å². The third-order valence-corrected chi connectivity index (χ3v) is 4.08. The maximum atomic E-state index is 5.78. The van der Waals surface area contributed by atoms with Gasteiger partial charge >= 0.3 is 6.01 Å². The molecule has 0 saturated carbocycles. The van der Waals surface area contributed by atoms with E-state index in [9.17, 15) is 0 Å². The fourth-order valence-corrected chi connectivity index (χ4v) is 2.69. The number of methoxy groups -OCH3 is 1. The molecule has 0 aliphatic carbocycles. The van der Waals surface area contributed by atoms with Crippen LogP contribution < -0.4 is 14.8 Å². The molecule has 0 aliphatic heterocycles. The zero-order chi connectivity index (χ0) is 19.2. The van der Waals surface area contributed by atoms with E-state index in [-0.39, 0.29) is 6.04 Å². The topological polar surface area (TPSA) is 86.5 Å². The summed E-state index contributed by atoms with van der Waals surface area (Å²) in [5.74, 6) is 1.10. The Labute approximate surface area is 158 Å². The van der Waals surface area contributed by atoms with E-state index in [0.717, 1.165) is 17.8 Å². The van der Waals surface area contributed by atoms with Gasteiger partial charge in [0, 0.05) is 12.1 Å². The maximum Gasteiger partial charge on any atom is 0.321 e. The Kier molecular flexibility index (Phi) is 5.97.